The molecule has 244 valence electrons. The van der Waals surface area contributed by atoms with E-state index in [9.17, 15) is 29.4 Å². The zero-order valence-corrected chi connectivity index (χ0v) is 29.6. The number of aryl methyl sites for hydroxylation is 3. The fourth-order valence-electron chi connectivity index (χ4n) is 4.65. The van der Waals surface area contributed by atoms with Crippen molar-refractivity contribution >= 4 is 90.7 Å². The van der Waals surface area contributed by atoms with Crippen molar-refractivity contribution in [3.05, 3.63) is 125 Å². The molecule has 4 N–H and O–H groups in total. The van der Waals surface area contributed by atoms with E-state index < -0.39 is 11.9 Å². The number of carboxylic acid groups (broad SMARTS) is 2. The van der Waals surface area contributed by atoms with E-state index in [1.54, 1.807) is 46.5 Å². The van der Waals surface area contributed by atoms with Gasteiger partial charge in [0.15, 0.2) is 0 Å². The smallest absolute Gasteiger partial charge is 0.339 e. The molecule has 0 spiro atoms. The van der Waals surface area contributed by atoms with E-state index in [1.165, 1.54) is 45.3 Å². The summed E-state index contributed by atoms with van der Waals surface area (Å²) < 4.78 is 0. The molecule has 0 unspecified atom stereocenters. The van der Waals surface area contributed by atoms with Gasteiger partial charge in [-0.1, -0.05) is 41.9 Å². The van der Waals surface area contributed by atoms with Crippen molar-refractivity contribution in [2.75, 3.05) is 10.6 Å². The normalized spacial score (nSPS) is 10.6. The standard InChI is InChI=1S/C18H15NO3S2.C17H12ClNO3S2/c1-10-3-4-12(7-11(10)2)14-9-24-17(15(14)18(21)22)19-16(20)13-5-6-23-8-13;1-9-5-6-23-14(9)15(20)19-16-13(17(21)22)12(8-24-16)10-3-2-4-11(18)7-10/h3-9H,1-2H3,(H,19,20)(H,21,22);2-8H,1H3,(H,19,20)(H,21,22). The molecular weight excluding hydrogens is 708 g/mol. The van der Waals surface area contributed by atoms with Crippen molar-refractivity contribution < 1.29 is 29.4 Å². The minimum atomic E-state index is -1.09. The van der Waals surface area contributed by atoms with Crippen molar-refractivity contribution in [3.63, 3.8) is 0 Å². The van der Waals surface area contributed by atoms with Gasteiger partial charge in [0.1, 0.15) is 21.1 Å². The van der Waals surface area contributed by atoms with E-state index in [0.29, 0.717) is 42.2 Å². The van der Waals surface area contributed by atoms with E-state index in [0.717, 1.165) is 22.3 Å². The Morgan fingerprint density at radius 1 is 0.646 bits per heavy atom. The Balaban J connectivity index is 0.000000188. The number of benzene rings is 2. The second kappa shape index (κ2) is 15.1. The topological polar surface area (TPSA) is 133 Å². The molecule has 0 saturated carbocycles. The molecule has 0 aliphatic rings. The summed E-state index contributed by atoms with van der Waals surface area (Å²) in [6, 6.07) is 16.4. The summed E-state index contributed by atoms with van der Waals surface area (Å²) in [6.45, 7) is 5.84. The summed E-state index contributed by atoms with van der Waals surface area (Å²) in [6.07, 6.45) is 0. The Morgan fingerprint density at radius 3 is 1.79 bits per heavy atom. The molecule has 0 bridgehead atoms. The van der Waals surface area contributed by atoms with E-state index in [2.05, 4.69) is 10.6 Å². The molecule has 2 aromatic carbocycles. The summed E-state index contributed by atoms with van der Waals surface area (Å²) in [4.78, 5) is 48.6. The number of carbonyl (C=O) groups is 4. The Morgan fingerprint density at radius 2 is 1.27 bits per heavy atom. The molecule has 0 aliphatic heterocycles. The number of aromatic carboxylic acids is 2. The van der Waals surface area contributed by atoms with E-state index in [4.69, 9.17) is 11.6 Å². The van der Waals surface area contributed by atoms with Crippen LogP contribution in [-0.4, -0.2) is 34.0 Å². The van der Waals surface area contributed by atoms with Crippen LogP contribution in [0.15, 0.2) is 81.5 Å². The van der Waals surface area contributed by atoms with Crippen molar-refractivity contribution in [3.8, 4) is 22.3 Å². The molecule has 13 heteroatoms. The van der Waals surface area contributed by atoms with Crippen LogP contribution in [0, 0.1) is 20.8 Å². The first-order valence-electron chi connectivity index (χ1n) is 14.2. The van der Waals surface area contributed by atoms with Gasteiger partial charge in [0.2, 0.25) is 0 Å². The van der Waals surface area contributed by atoms with Gasteiger partial charge in [0.25, 0.3) is 11.8 Å². The van der Waals surface area contributed by atoms with E-state index >= 15 is 0 Å². The number of hydrogen-bond donors (Lipinski definition) is 4. The lowest BCUT2D eigenvalue weighted by molar-refractivity contribution is 0.0688. The number of carbonyl (C=O) groups excluding carboxylic acids is 2. The van der Waals surface area contributed by atoms with Gasteiger partial charge in [-0.2, -0.15) is 11.3 Å². The Bertz CT molecular complexity index is 2150. The lowest BCUT2D eigenvalue weighted by Gasteiger charge is -2.07. The van der Waals surface area contributed by atoms with Crippen LogP contribution < -0.4 is 10.6 Å². The van der Waals surface area contributed by atoms with E-state index in [-0.39, 0.29) is 22.9 Å². The molecule has 6 aromatic rings. The van der Waals surface area contributed by atoms with Crippen LogP contribution in [0.1, 0.15) is 57.4 Å². The third kappa shape index (κ3) is 7.75. The van der Waals surface area contributed by atoms with Gasteiger partial charge in [-0.15, -0.1) is 34.0 Å². The number of amides is 2. The number of hydrogen-bond acceptors (Lipinski definition) is 8. The number of thiophene rings is 4. The minimum absolute atomic E-state index is 0.0739. The summed E-state index contributed by atoms with van der Waals surface area (Å²) in [5.74, 6) is -2.74. The molecule has 6 rings (SSSR count). The lowest BCUT2D eigenvalue weighted by atomic mass is 9.99. The van der Waals surface area contributed by atoms with Gasteiger partial charge < -0.3 is 20.8 Å². The molecule has 2 amide bonds. The zero-order valence-electron chi connectivity index (χ0n) is 25.6. The minimum Gasteiger partial charge on any atom is -0.478 e. The summed E-state index contributed by atoms with van der Waals surface area (Å²) in [5, 5.41) is 34.7. The fourth-order valence-corrected chi connectivity index (χ4v) is 8.21. The maximum atomic E-state index is 12.4. The highest BCUT2D eigenvalue weighted by atomic mass is 35.5. The largest absolute Gasteiger partial charge is 0.478 e. The Labute approximate surface area is 296 Å². The number of carboxylic acids is 2. The molecule has 0 aliphatic carbocycles. The van der Waals surface area contributed by atoms with Crippen LogP contribution in [0.4, 0.5) is 10.0 Å². The fraction of sp³-hybridized carbons (Fsp3) is 0.0857. The van der Waals surface area contributed by atoms with Crippen molar-refractivity contribution in [1.82, 2.24) is 0 Å². The number of anilines is 2. The molecule has 0 radical (unpaired) electrons. The average Bonchev–Trinajstić information content (AvgIpc) is 3.86. The highest BCUT2D eigenvalue weighted by Crippen LogP contribution is 2.38. The average molecular weight is 735 g/mol. The summed E-state index contributed by atoms with van der Waals surface area (Å²) in [5.41, 5.74) is 6.53. The van der Waals surface area contributed by atoms with Gasteiger partial charge >= 0.3 is 11.9 Å². The monoisotopic (exact) mass is 734 g/mol. The summed E-state index contributed by atoms with van der Waals surface area (Å²) in [7, 11) is 0. The maximum Gasteiger partial charge on any atom is 0.339 e. The molecule has 0 saturated heterocycles. The molecular formula is C35H27ClN2O6S4. The first-order valence-corrected chi connectivity index (χ1v) is 18.1. The predicted molar refractivity (Wildman–Crippen MR) is 197 cm³/mol. The molecule has 0 fully saturated rings. The van der Waals surface area contributed by atoms with Crippen molar-refractivity contribution in [1.29, 1.82) is 0 Å². The number of halogens is 1. The van der Waals surface area contributed by atoms with Crippen LogP contribution in [0.5, 0.6) is 0 Å². The second-order valence-corrected chi connectivity index (χ2v) is 14.4. The Kier molecular flexibility index (Phi) is 10.9. The van der Waals surface area contributed by atoms with Crippen LogP contribution >= 0.6 is 56.9 Å². The molecule has 48 heavy (non-hydrogen) atoms. The number of rotatable bonds is 8. The van der Waals surface area contributed by atoms with Crippen molar-refractivity contribution in [2.45, 2.75) is 20.8 Å². The summed E-state index contributed by atoms with van der Waals surface area (Å²) >= 11 is 11.1. The zero-order chi connectivity index (χ0) is 34.5. The molecule has 4 heterocycles. The number of nitrogens with one attached hydrogen (secondary N) is 2. The van der Waals surface area contributed by atoms with E-state index in [1.807, 2.05) is 55.8 Å². The van der Waals surface area contributed by atoms with Crippen LogP contribution in [0.25, 0.3) is 22.3 Å². The van der Waals surface area contributed by atoms with Gasteiger partial charge in [-0.05, 0) is 83.6 Å². The van der Waals surface area contributed by atoms with Gasteiger partial charge in [-0.25, -0.2) is 9.59 Å². The van der Waals surface area contributed by atoms with Crippen LogP contribution in [0.3, 0.4) is 0 Å². The molecule has 8 nitrogen and oxygen atoms in total. The van der Waals surface area contributed by atoms with Gasteiger partial charge in [0, 0.05) is 32.3 Å². The molecule has 4 aromatic heterocycles. The maximum absolute atomic E-state index is 12.4. The highest BCUT2D eigenvalue weighted by molar-refractivity contribution is 7.16. The first kappa shape index (κ1) is 34.7. The quantitative estimate of drug-likeness (QED) is 0.123. The van der Waals surface area contributed by atoms with Crippen LogP contribution in [0.2, 0.25) is 5.02 Å². The predicted octanol–water partition coefficient (Wildman–Crippen LogP) is 10.4. The lowest BCUT2D eigenvalue weighted by Crippen LogP contribution is -2.13. The Hall–Kier alpha value is -4.59. The van der Waals surface area contributed by atoms with Crippen LogP contribution in [-0.2, 0) is 0 Å². The SMILES string of the molecule is Cc1ccc(-c2csc(NC(=O)c3ccsc3)c2C(=O)O)cc1C.Cc1ccsc1C(=O)Nc1scc(-c2cccc(Cl)c2)c1C(=O)O. The van der Waals surface area contributed by atoms with Gasteiger partial charge in [-0.3, -0.25) is 9.59 Å². The highest BCUT2D eigenvalue weighted by Gasteiger charge is 2.23. The third-order valence-electron chi connectivity index (χ3n) is 7.27. The molecule has 0 atom stereocenters. The van der Waals surface area contributed by atoms with Crippen molar-refractivity contribution in [2.24, 2.45) is 0 Å². The second-order valence-electron chi connectivity index (χ2n) is 10.5. The third-order valence-corrected chi connectivity index (χ3v) is 11.0. The first-order chi connectivity index (χ1) is 22.9. The van der Waals surface area contributed by atoms with Gasteiger partial charge in [0.05, 0.1) is 10.4 Å².